The summed E-state index contributed by atoms with van der Waals surface area (Å²) in [7, 11) is 0. The van der Waals surface area contributed by atoms with Crippen LogP contribution in [-0.4, -0.2) is 70.7 Å². The molecule has 1 saturated heterocycles. The van der Waals surface area contributed by atoms with Crippen molar-refractivity contribution in [2.24, 2.45) is 10.4 Å². The van der Waals surface area contributed by atoms with Gasteiger partial charge in [0, 0.05) is 37.3 Å². The van der Waals surface area contributed by atoms with Crippen molar-refractivity contribution in [1.82, 2.24) is 14.8 Å². The van der Waals surface area contributed by atoms with Gasteiger partial charge in [-0.3, -0.25) is 19.5 Å². The highest BCUT2D eigenvalue weighted by Crippen LogP contribution is 2.36. The maximum absolute atomic E-state index is 14.8. The number of pyridine rings is 1. The zero-order chi connectivity index (χ0) is 27.1. The maximum Gasteiger partial charge on any atom is 0.249 e. The predicted molar refractivity (Wildman–Crippen MR) is 145 cm³/mol. The van der Waals surface area contributed by atoms with Crippen LogP contribution in [0.4, 0.5) is 10.2 Å². The van der Waals surface area contributed by atoms with Crippen molar-refractivity contribution in [2.45, 2.75) is 46.7 Å². The molecular weight excluding hydrogens is 493 g/mol. The lowest BCUT2D eigenvalue weighted by Gasteiger charge is -2.45. The second-order valence-electron chi connectivity index (χ2n) is 10.9. The van der Waals surface area contributed by atoms with Crippen LogP contribution in [0.1, 0.15) is 40.2 Å². The Morgan fingerprint density at radius 3 is 2.54 bits per heavy atom. The molecule has 0 N–H and O–H groups in total. The third-order valence-corrected chi connectivity index (χ3v) is 6.88. The monoisotopic (exact) mass is 525 g/mol. The van der Waals surface area contributed by atoms with Gasteiger partial charge in [0.05, 0.1) is 16.3 Å². The lowest BCUT2D eigenvalue weighted by atomic mass is 9.95. The van der Waals surface area contributed by atoms with E-state index < -0.39 is 5.82 Å². The molecule has 1 aromatic carbocycles. The van der Waals surface area contributed by atoms with E-state index >= 15 is 0 Å². The summed E-state index contributed by atoms with van der Waals surface area (Å²) in [5.41, 5.74) is 0.923. The fourth-order valence-electron chi connectivity index (χ4n) is 4.85. The topological polar surface area (TPSA) is 69.1 Å². The Kier molecular flexibility index (Phi) is 7.42. The summed E-state index contributed by atoms with van der Waals surface area (Å²) in [6, 6.07) is 7.86. The molecule has 0 unspecified atom stereocenters. The number of piperazine rings is 1. The molecule has 0 saturated carbocycles. The van der Waals surface area contributed by atoms with Crippen LogP contribution in [0.3, 0.4) is 0 Å². The van der Waals surface area contributed by atoms with Crippen LogP contribution >= 0.6 is 11.6 Å². The number of fused-ring (bicyclic) bond motifs is 1. The van der Waals surface area contributed by atoms with E-state index in [-0.39, 0.29) is 52.1 Å². The van der Waals surface area contributed by atoms with Crippen molar-refractivity contribution < 1.29 is 14.0 Å². The van der Waals surface area contributed by atoms with Crippen molar-refractivity contribution in [3.05, 3.63) is 59.4 Å². The molecule has 2 aliphatic rings. The van der Waals surface area contributed by atoms with Gasteiger partial charge in [-0.15, -0.1) is 0 Å². The lowest BCUT2D eigenvalue weighted by molar-refractivity contribution is -0.130. The Bertz CT molecular complexity index is 1270. The summed E-state index contributed by atoms with van der Waals surface area (Å²) in [5.74, 6) is 0.246. The van der Waals surface area contributed by atoms with Gasteiger partial charge in [-0.2, -0.15) is 0 Å². The number of benzene rings is 1. The van der Waals surface area contributed by atoms with Gasteiger partial charge in [0.25, 0.3) is 0 Å². The van der Waals surface area contributed by atoms with E-state index in [1.165, 1.54) is 12.1 Å². The highest BCUT2D eigenvalue weighted by molar-refractivity contribution is 6.33. The number of carbonyl (C=O) groups is 2. The van der Waals surface area contributed by atoms with E-state index in [0.29, 0.717) is 36.9 Å². The standard InChI is InChI=1S/C28H33ClFN5O2/c1-7-23(36)33-14-18(3)34(15-17(33)2)26-20-12-21(29)25(19-10-8-9-11-22(19)30)32-27(20)35(16-28(4,5)6)24(37)13-31-26/h7-12,17-18H,1,13-16H2,2-6H3/t17-,18+/m1/s1. The molecular formula is C28H33ClFN5O2. The highest BCUT2D eigenvalue weighted by Gasteiger charge is 2.37. The molecule has 2 amide bonds. The molecule has 7 nitrogen and oxygen atoms in total. The summed E-state index contributed by atoms with van der Waals surface area (Å²) in [6.07, 6.45) is 1.33. The highest BCUT2D eigenvalue weighted by atomic mass is 35.5. The molecule has 0 spiro atoms. The Balaban J connectivity index is 1.86. The van der Waals surface area contributed by atoms with Gasteiger partial charge in [0.2, 0.25) is 11.8 Å². The number of nitrogens with zero attached hydrogens (tertiary/aromatic N) is 5. The fourth-order valence-corrected chi connectivity index (χ4v) is 5.10. The molecule has 1 fully saturated rings. The lowest BCUT2D eigenvalue weighted by Crippen LogP contribution is -2.59. The average Bonchev–Trinajstić information content (AvgIpc) is 2.95. The number of amidine groups is 1. The summed E-state index contributed by atoms with van der Waals surface area (Å²) < 4.78 is 14.8. The minimum atomic E-state index is -0.446. The SMILES string of the molecule is C=CC(=O)N1C[C@H](C)N(C2=NCC(=O)N(CC(C)(C)C)c3nc(-c4ccccc4F)c(Cl)cc32)C[C@H]1C. The van der Waals surface area contributed by atoms with Crippen LogP contribution < -0.4 is 4.90 Å². The molecule has 1 aromatic heterocycles. The summed E-state index contributed by atoms with van der Waals surface area (Å²) >= 11 is 6.72. The van der Waals surface area contributed by atoms with Gasteiger partial charge < -0.3 is 9.80 Å². The minimum absolute atomic E-state index is 0.0542. The minimum Gasteiger partial charge on any atom is -0.350 e. The van der Waals surface area contributed by atoms with Crippen molar-refractivity contribution in [1.29, 1.82) is 0 Å². The molecule has 2 atom stereocenters. The Morgan fingerprint density at radius 2 is 1.89 bits per heavy atom. The van der Waals surface area contributed by atoms with E-state index in [1.54, 1.807) is 34.1 Å². The second-order valence-corrected chi connectivity index (χ2v) is 11.3. The molecule has 2 aromatic rings. The van der Waals surface area contributed by atoms with Gasteiger partial charge in [-0.05, 0) is 43.5 Å². The molecule has 2 aliphatic heterocycles. The predicted octanol–water partition coefficient (Wildman–Crippen LogP) is 4.79. The smallest absolute Gasteiger partial charge is 0.249 e. The first-order valence-electron chi connectivity index (χ1n) is 12.4. The number of hydrogen-bond donors (Lipinski definition) is 0. The first-order valence-corrected chi connectivity index (χ1v) is 12.8. The summed E-state index contributed by atoms with van der Waals surface area (Å²) in [4.78, 5) is 40.9. The van der Waals surface area contributed by atoms with E-state index in [1.807, 2.05) is 34.6 Å². The number of aliphatic imine (C=N–C) groups is 1. The van der Waals surface area contributed by atoms with Gasteiger partial charge in [-0.25, -0.2) is 9.37 Å². The third kappa shape index (κ3) is 5.39. The number of rotatable bonds is 3. The van der Waals surface area contributed by atoms with Gasteiger partial charge >= 0.3 is 0 Å². The molecule has 3 heterocycles. The molecule has 0 bridgehead atoms. The molecule has 37 heavy (non-hydrogen) atoms. The van der Waals surface area contributed by atoms with Crippen LogP contribution in [0.5, 0.6) is 0 Å². The van der Waals surface area contributed by atoms with Crippen LogP contribution in [0.15, 0.2) is 48.0 Å². The first kappa shape index (κ1) is 26.8. The summed E-state index contributed by atoms with van der Waals surface area (Å²) in [6.45, 7) is 15.1. The van der Waals surface area contributed by atoms with Crippen molar-refractivity contribution in [3.63, 3.8) is 0 Å². The van der Waals surface area contributed by atoms with E-state index in [0.717, 1.165) is 0 Å². The molecule has 196 valence electrons. The number of carbonyl (C=O) groups excluding carboxylic acids is 2. The Hall–Kier alpha value is -3.26. The normalized spacial score (nSPS) is 20.4. The van der Waals surface area contributed by atoms with Crippen LogP contribution in [0.2, 0.25) is 5.02 Å². The molecule has 0 radical (unpaired) electrons. The zero-order valence-corrected chi connectivity index (χ0v) is 22.7. The van der Waals surface area contributed by atoms with Gasteiger partial charge in [-0.1, -0.05) is 51.1 Å². The number of amides is 2. The van der Waals surface area contributed by atoms with Crippen molar-refractivity contribution in [3.8, 4) is 11.3 Å². The maximum atomic E-state index is 14.8. The Labute approximate surface area is 222 Å². The van der Waals surface area contributed by atoms with Crippen LogP contribution in [-0.2, 0) is 9.59 Å². The number of halogens is 2. The zero-order valence-electron chi connectivity index (χ0n) is 22.0. The number of aromatic nitrogens is 1. The van der Waals surface area contributed by atoms with Gasteiger partial charge in [0.1, 0.15) is 24.0 Å². The van der Waals surface area contributed by atoms with Crippen molar-refractivity contribution in [2.75, 3.05) is 31.1 Å². The third-order valence-electron chi connectivity index (χ3n) is 6.59. The van der Waals surface area contributed by atoms with E-state index in [9.17, 15) is 14.0 Å². The summed E-state index contributed by atoms with van der Waals surface area (Å²) in [5, 5.41) is 0.266. The average molecular weight is 526 g/mol. The second kappa shape index (κ2) is 10.2. The van der Waals surface area contributed by atoms with E-state index in [2.05, 4.69) is 11.5 Å². The van der Waals surface area contributed by atoms with E-state index in [4.69, 9.17) is 21.6 Å². The number of anilines is 1. The molecule has 4 rings (SSSR count). The van der Waals surface area contributed by atoms with Gasteiger partial charge in [0.15, 0.2) is 0 Å². The van der Waals surface area contributed by atoms with Crippen LogP contribution in [0.25, 0.3) is 11.3 Å². The quantitative estimate of drug-likeness (QED) is 0.540. The largest absolute Gasteiger partial charge is 0.350 e. The van der Waals surface area contributed by atoms with Crippen molar-refractivity contribution >= 4 is 35.1 Å². The molecule has 0 aliphatic carbocycles. The first-order chi connectivity index (χ1) is 17.4. The molecule has 9 heteroatoms. The fraction of sp³-hybridized carbons (Fsp3) is 0.429. The Morgan fingerprint density at radius 1 is 1.19 bits per heavy atom. The number of hydrogen-bond acceptors (Lipinski definition) is 5. The van der Waals surface area contributed by atoms with Crippen LogP contribution in [0, 0.1) is 11.2 Å².